The van der Waals surface area contributed by atoms with E-state index in [1.54, 1.807) is 13.0 Å². The average Bonchev–Trinajstić information content (AvgIpc) is 3.47. The zero-order valence-corrected chi connectivity index (χ0v) is 21.9. The molecule has 5 unspecified atom stereocenters. The van der Waals surface area contributed by atoms with E-state index < -0.39 is 52.2 Å². The summed E-state index contributed by atoms with van der Waals surface area (Å²) in [5.74, 6) is -1.67. The van der Waals surface area contributed by atoms with Gasteiger partial charge >= 0.3 is 15.2 Å². The van der Waals surface area contributed by atoms with Gasteiger partial charge in [0.05, 0.1) is 24.2 Å². The molecule has 1 aromatic carbocycles. The normalized spacial score (nSPS) is 27.0. The SMILES string of the molecule is Cc1cc(N[C@@H]2CCc3cc(F)ccc32)c2cnn(C3OC(COP(=O)(O)CP(=O)(O)O)C(O)C3O)c2n1. The maximum atomic E-state index is 13.6. The fourth-order valence-electron chi connectivity index (χ4n) is 4.90. The van der Waals surface area contributed by atoms with Gasteiger partial charge in [-0.1, -0.05) is 6.07 Å². The lowest BCUT2D eigenvalue weighted by Gasteiger charge is -2.19. The Balaban J connectivity index is 1.37. The summed E-state index contributed by atoms with van der Waals surface area (Å²) in [5.41, 5.74) is 3.63. The van der Waals surface area contributed by atoms with Crippen molar-refractivity contribution in [1.82, 2.24) is 14.8 Å². The Bertz CT molecular complexity index is 1460. The minimum atomic E-state index is -4.83. The minimum absolute atomic E-state index is 0.0575. The average molecular weight is 572 g/mol. The number of nitrogens with zero attached hydrogens (tertiary/aromatic N) is 3. The van der Waals surface area contributed by atoms with Crippen LogP contribution in [0.5, 0.6) is 0 Å². The van der Waals surface area contributed by atoms with E-state index in [0.717, 1.165) is 24.0 Å². The molecule has 0 radical (unpaired) electrons. The second-order valence-electron chi connectivity index (χ2n) is 9.50. The second-order valence-corrected chi connectivity index (χ2v) is 13.5. The van der Waals surface area contributed by atoms with Crippen molar-refractivity contribution in [2.45, 2.75) is 50.3 Å². The number of fused-ring (bicyclic) bond motifs is 2. The highest BCUT2D eigenvalue weighted by molar-refractivity contribution is 7.70. The smallest absolute Gasteiger partial charge is 0.340 e. The van der Waals surface area contributed by atoms with Crippen LogP contribution in [0.2, 0.25) is 0 Å². The summed E-state index contributed by atoms with van der Waals surface area (Å²) < 4.78 is 48.4. The lowest BCUT2D eigenvalue weighted by molar-refractivity contribution is -0.0541. The van der Waals surface area contributed by atoms with Gasteiger partial charge in [0.2, 0.25) is 0 Å². The Kier molecular flexibility index (Phi) is 7.23. The largest absolute Gasteiger partial charge is 0.387 e. The van der Waals surface area contributed by atoms with Crippen LogP contribution in [0.3, 0.4) is 0 Å². The van der Waals surface area contributed by atoms with Gasteiger partial charge in [-0.2, -0.15) is 5.10 Å². The van der Waals surface area contributed by atoms with Crippen LogP contribution < -0.4 is 5.32 Å². The first-order valence-corrected chi connectivity index (χ1v) is 15.3. The van der Waals surface area contributed by atoms with E-state index in [9.17, 15) is 28.6 Å². The van der Waals surface area contributed by atoms with Crippen LogP contribution in [0.4, 0.5) is 10.1 Å². The highest BCUT2D eigenvalue weighted by Crippen LogP contribution is 2.55. The standard InChI is InChI=1S/C22H27FN4O9P2/c1-11-6-17(26-16-5-2-12-7-13(23)3-4-14(12)16)15-8-24-27(21(15)25-11)22-20(29)19(28)18(36-22)9-35-38(33,34)10-37(30,31)32/h3-4,6-8,16,18-20,22,28-29H,2,5,9-10H2,1H3,(H,25,26)(H,33,34)(H2,30,31,32)/t16-,18?,19?,20?,22?/m1/s1. The molecule has 1 aliphatic heterocycles. The molecule has 1 saturated heterocycles. The van der Waals surface area contributed by atoms with Gasteiger partial charge in [0.15, 0.2) is 17.8 Å². The number of aliphatic hydroxyl groups is 2. The molecule has 3 aromatic rings. The van der Waals surface area contributed by atoms with Crippen molar-refractivity contribution in [3.63, 3.8) is 0 Å². The number of aromatic nitrogens is 3. The molecular weight excluding hydrogens is 545 g/mol. The van der Waals surface area contributed by atoms with Crippen LogP contribution in [0.25, 0.3) is 11.0 Å². The van der Waals surface area contributed by atoms with E-state index in [2.05, 4.69) is 15.4 Å². The van der Waals surface area contributed by atoms with Crippen LogP contribution in [0.1, 0.15) is 35.5 Å². The van der Waals surface area contributed by atoms with Crippen molar-refractivity contribution in [3.8, 4) is 0 Å². The maximum Gasteiger partial charge on any atom is 0.340 e. The molecule has 0 spiro atoms. The number of hydrogen-bond donors (Lipinski definition) is 6. The fourth-order valence-corrected chi connectivity index (χ4v) is 7.47. The topological polar surface area (TPSA) is 196 Å². The molecule has 3 heterocycles. The number of pyridine rings is 1. The monoisotopic (exact) mass is 572 g/mol. The van der Waals surface area contributed by atoms with Crippen LogP contribution in [-0.2, 0) is 24.8 Å². The first-order valence-electron chi connectivity index (χ1n) is 11.7. The first-order chi connectivity index (χ1) is 17.8. The van der Waals surface area contributed by atoms with Gasteiger partial charge in [0.25, 0.3) is 0 Å². The quantitative estimate of drug-likeness (QED) is 0.215. The fraction of sp³-hybridized carbons (Fsp3) is 0.455. The summed E-state index contributed by atoms with van der Waals surface area (Å²) in [4.78, 5) is 32.1. The Labute approximate surface area is 215 Å². The van der Waals surface area contributed by atoms with Gasteiger partial charge in [-0.05, 0) is 49.1 Å². The molecule has 0 amide bonds. The van der Waals surface area contributed by atoms with Crippen molar-refractivity contribution < 1.29 is 47.7 Å². The summed E-state index contributed by atoms with van der Waals surface area (Å²) in [6.07, 6.45) is -2.55. The Morgan fingerprint density at radius 2 is 1.97 bits per heavy atom. The van der Waals surface area contributed by atoms with Gasteiger partial charge in [0.1, 0.15) is 24.1 Å². The lowest BCUT2D eigenvalue weighted by atomic mass is 10.1. The Morgan fingerprint density at radius 1 is 1.21 bits per heavy atom. The minimum Gasteiger partial charge on any atom is -0.387 e. The van der Waals surface area contributed by atoms with Crippen molar-refractivity contribution in [1.29, 1.82) is 0 Å². The van der Waals surface area contributed by atoms with Gasteiger partial charge in [-0.25, -0.2) is 14.1 Å². The van der Waals surface area contributed by atoms with E-state index >= 15 is 0 Å². The zero-order valence-electron chi connectivity index (χ0n) is 20.1. The third-order valence-corrected chi connectivity index (χ3v) is 10.0. The van der Waals surface area contributed by atoms with E-state index in [-0.39, 0.29) is 11.9 Å². The number of hydrogen-bond acceptors (Lipinski definition) is 9. The highest BCUT2D eigenvalue weighted by atomic mass is 31.2. The van der Waals surface area contributed by atoms with Crippen molar-refractivity contribution >= 4 is 31.9 Å². The van der Waals surface area contributed by atoms with Crippen molar-refractivity contribution in [3.05, 3.63) is 53.1 Å². The zero-order chi connectivity index (χ0) is 27.4. The summed E-state index contributed by atoms with van der Waals surface area (Å²) in [6, 6.07) is 6.51. The molecule has 38 heavy (non-hydrogen) atoms. The van der Waals surface area contributed by atoms with Crippen LogP contribution in [0.15, 0.2) is 30.5 Å². The third kappa shape index (κ3) is 5.55. The van der Waals surface area contributed by atoms with Gasteiger partial charge in [-0.3, -0.25) is 9.13 Å². The molecule has 0 bridgehead atoms. The molecule has 5 rings (SSSR count). The molecule has 206 valence electrons. The predicted molar refractivity (Wildman–Crippen MR) is 132 cm³/mol. The van der Waals surface area contributed by atoms with E-state index in [4.69, 9.17) is 19.0 Å². The summed E-state index contributed by atoms with van der Waals surface area (Å²) in [5, 5.41) is 29.5. The number of halogens is 1. The van der Waals surface area contributed by atoms with E-state index in [1.807, 2.05) is 6.07 Å². The van der Waals surface area contributed by atoms with Crippen LogP contribution in [0, 0.1) is 12.7 Å². The second kappa shape index (κ2) is 10.1. The highest BCUT2D eigenvalue weighted by Gasteiger charge is 2.46. The molecule has 2 aromatic heterocycles. The Hall–Kier alpha value is -2.25. The summed E-state index contributed by atoms with van der Waals surface area (Å²) in [6.45, 7) is 1.07. The van der Waals surface area contributed by atoms with E-state index in [1.165, 1.54) is 23.0 Å². The predicted octanol–water partition coefficient (Wildman–Crippen LogP) is 1.93. The number of aryl methyl sites for hydroxylation is 2. The molecule has 16 heteroatoms. The molecule has 1 fully saturated rings. The molecule has 2 aliphatic rings. The molecule has 6 N–H and O–H groups in total. The number of benzene rings is 1. The van der Waals surface area contributed by atoms with Crippen LogP contribution >= 0.6 is 15.2 Å². The van der Waals surface area contributed by atoms with Gasteiger partial charge in [-0.15, -0.1) is 0 Å². The number of nitrogens with one attached hydrogen (secondary N) is 1. The lowest BCUT2D eigenvalue weighted by Crippen LogP contribution is -2.33. The first kappa shape index (κ1) is 27.3. The maximum absolute atomic E-state index is 13.6. The number of aliphatic hydroxyl groups excluding tert-OH is 2. The molecule has 1 aliphatic carbocycles. The van der Waals surface area contributed by atoms with Crippen LogP contribution in [-0.4, -0.2) is 70.5 Å². The van der Waals surface area contributed by atoms with Gasteiger partial charge in [0, 0.05) is 11.4 Å². The number of ether oxygens (including phenoxy) is 1. The van der Waals surface area contributed by atoms with E-state index in [0.29, 0.717) is 22.4 Å². The number of rotatable bonds is 8. The third-order valence-electron chi connectivity index (χ3n) is 6.59. The van der Waals surface area contributed by atoms with Gasteiger partial charge < -0.3 is 39.5 Å². The van der Waals surface area contributed by atoms with Crippen molar-refractivity contribution in [2.75, 3.05) is 17.8 Å². The molecule has 0 saturated carbocycles. The Morgan fingerprint density at radius 3 is 2.71 bits per heavy atom. The summed E-state index contributed by atoms with van der Waals surface area (Å²) in [7, 11) is -9.52. The molecule has 13 nitrogen and oxygen atoms in total. The number of anilines is 1. The summed E-state index contributed by atoms with van der Waals surface area (Å²) >= 11 is 0. The molecular formula is C22H27FN4O9P2. The van der Waals surface area contributed by atoms with Crippen molar-refractivity contribution in [2.24, 2.45) is 0 Å². The molecule has 6 atom stereocenters.